The van der Waals surface area contributed by atoms with Gasteiger partial charge < -0.3 is 20.5 Å². The van der Waals surface area contributed by atoms with E-state index in [1.807, 2.05) is 49.1 Å². The van der Waals surface area contributed by atoms with Gasteiger partial charge in [0.25, 0.3) is 0 Å². The van der Waals surface area contributed by atoms with Crippen LogP contribution in [-0.2, 0) is 14.4 Å². The summed E-state index contributed by atoms with van der Waals surface area (Å²) in [5, 5.41) is 17.1. The van der Waals surface area contributed by atoms with Crippen molar-refractivity contribution in [2.24, 2.45) is 0 Å². The van der Waals surface area contributed by atoms with Crippen molar-refractivity contribution in [2.75, 3.05) is 25.0 Å². The fourth-order valence-electron chi connectivity index (χ4n) is 6.58. The Hall–Kier alpha value is -5.17. The molecule has 13 heteroatoms. The SMILES string of the molecule is Cc1ccc(-n2cnnn2)c(/C=C/C(=O)N[C@@H](CC(=O)N2CCN3CCCC3C2C)c2nc(-c3ccc(NC=O)cc3)c(C)[nH]2)c1. The summed E-state index contributed by atoms with van der Waals surface area (Å²) in [5.41, 5.74) is 5.52. The molecular weight excluding hydrogens is 584 g/mol. The molecule has 2 saturated heterocycles. The highest BCUT2D eigenvalue weighted by atomic mass is 16.2. The number of fused-ring (bicyclic) bond motifs is 1. The lowest BCUT2D eigenvalue weighted by molar-refractivity contribution is -0.137. The molecule has 6 rings (SSSR count). The minimum absolute atomic E-state index is 0.0205. The number of nitrogens with one attached hydrogen (secondary N) is 3. The largest absolute Gasteiger partial charge is 0.344 e. The molecule has 4 aromatic rings. The van der Waals surface area contributed by atoms with E-state index in [0.717, 1.165) is 54.0 Å². The minimum Gasteiger partial charge on any atom is -0.344 e. The van der Waals surface area contributed by atoms with Crippen LogP contribution in [0.1, 0.15) is 54.9 Å². The van der Waals surface area contributed by atoms with E-state index < -0.39 is 6.04 Å². The van der Waals surface area contributed by atoms with Crippen molar-refractivity contribution < 1.29 is 14.4 Å². The first-order valence-electron chi connectivity index (χ1n) is 15.5. The molecule has 0 radical (unpaired) electrons. The van der Waals surface area contributed by atoms with Gasteiger partial charge in [0.05, 0.1) is 23.8 Å². The molecule has 2 aromatic carbocycles. The molecule has 4 heterocycles. The lowest BCUT2D eigenvalue weighted by Crippen LogP contribution is -2.58. The monoisotopic (exact) mass is 622 g/mol. The molecule has 2 aromatic heterocycles. The Labute approximate surface area is 267 Å². The summed E-state index contributed by atoms with van der Waals surface area (Å²) in [6, 6.07) is 12.9. The zero-order chi connectivity index (χ0) is 32.2. The van der Waals surface area contributed by atoms with E-state index in [1.165, 1.54) is 12.4 Å². The zero-order valence-corrected chi connectivity index (χ0v) is 26.2. The van der Waals surface area contributed by atoms with Crippen LogP contribution >= 0.6 is 0 Å². The number of aryl methyl sites for hydroxylation is 2. The number of aromatic nitrogens is 6. The van der Waals surface area contributed by atoms with E-state index in [-0.39, 0.29) is 24.3 Å². The van der Waals surface area contributed by atoms with Gasteiger partial charge in [-0.3, -0.25) is 19.3 Å². The molecule has 0 saturated carbocycles. The van der Waals surface area contributed by atoms with Gasteiger partial charge in [0.1, 0.15) is 12.2 Å². The van der Waals surface area contributed by atoms with Crippen molar-refractivity contribution in [2.45, 2.75) is 58.2 Å². The van der Waals surface area contributed by atoms with Crippen LogP contribution in [0.4, 0.5) is 5.69 Å². The van der Waals surface area contributed by atoms with E-state index in [4.69, 9.17) is 4.98 Å². The normalized spacial score (nSPS) is 18.8. The van der Waals surface area contributed by atoms with Gasteiger partial charge in [-0.2, -0.15) is 4.68 Å². The molecule has 2 aliphatic heterocycles. The Balaban J connectivity index is 1.26. The number of hydrogen-bond donors (Lipinski definition) is 3. The number of imidazole rings is 1. The predicted molar refractivity (Wildman–Crippen MR) is 173 cm³/mol. The summed E-state index contributed by atoms with van der Waals surface area (Å²) in [6.07, 6.45) is 7.60. The van der Waals surface area contributed by atoms with Crippen molar-refractivity contribution in [1.29, 1.82) is 0 Å². The number of amides is 3. The first kappa shape index (κ1) is 30.8. The van der Waals surface area contributed by atoms with E-state index in [2.05, 4.69) is 43.0 Å². The molecule has 3 atom stereocenters. The number of piperazine rings is 1. The Morgan fingerprint density at radius 1 is 1.11 bits per heavy atom. The van der Waals surface area contributed by atoms with Crippen LogP contribution < -0.4 is 10.6 Å². The standard InChI is InChI=1S/C33H38N10O3/c1-21-6-12-29(43-19-35-39-40-43)25(17-21)9-13-30(45)37-27(18-31(46)42-16-15-41-14-4-5-28(41)23(42)3)33-36-22(2)32(38-33)24-7-10-26(11-8-24)34-20-44/h6-13,17,19-20,23,27-28H,4-5,14-16,18H2,1-3H3,(H,34,44)(H,36,38)(H,37,45)/b13-9+/t23?,27-,28?/m0/s1. The van der Waals surface area contributed by atoms with Crippen LogP contribution in [0.3, 0.4) is 0 Å². The number of benzene rings is 2. The van der Waals surface area contributed by atoms with Crippen LogP contribution in [0.2, 0.25) is 0 Å². The van der Waals surface area contributed by atoms with Crippen LogP contribution in [0, 0.1) is 13.8 Å². The Morgan fingerprint density at radius 2 is 1.93 bits per heavy atom. The highest BCUT2D eigenvalue weighted by Crippen LogP contribution is 2.30. The van der Waals surface area contributed by atoms with E-state index >= 15 is 0 Å². The van der Waals surface area contributed by atoms with Crippen LogP contribution in [0.25, 0.3) is 23.0 Å². The molecule has 0 bridgehead atoms. The molecule has 46 heavy (non-hydrogen) atoms. The Kier molecular flexibility index (Phi) is 9.01. The second kappa shape index (κ2) is 13.4. The van der Waals surface area contributed by atoms with Crippen molar-refractivity contribution in [3.63, 3.8) is 0 Å². The third kappa shape index (κ3) is 6.59. The van der Waals surface area contributed by atoms with E-state index in [9.17, 15) is 14.4 Å². The van der Waals surface area contributed by atoms with Gasteiger partial charge in [0.15, 0.2) is 0 Å². The van der Waals surface area contributed by atoms with E-state index in [0.29, 0.717) is 36.2 Å². The number of hydrogen-bond acceptors (Lipinski definition) is 8. The highest BCUT2D eigenvalue weighted by molar-refractivity contribution is 5.93. The predicted octanol–water partition coefficient (Wildman–Crippen LogP) is 3.19. The first-order chi connectivity index (χ1) is 22.3. The lowest BCUT2D eigenvalue weighted by atomic mass is 10.0. The van der Waals surface area contributed by atoms with Gasteiger partial charge in [-0.05, 0) is 80.9 Å². The average molecular weight is 623 g/mol. The van der Waals surface area contributed by atoms with Crippen LogP contribution in [-0.4, -0.2) is 89.9 Å². The maximum Gasteiger partial charge on any atom is 0.244 e. The number of aromatic amines is 1. The smallest absolute Gasteiger partial charge is 0.244 e. The molecule has 0 aliphatic carbocycles. The van der Waals surface area contributed by atoms with Crippen molar-refractivity contribution >= 4 is 30.0 Å². The lowest BCUT2D eigenvalue weighted by Gasteiger charge is -2.43. The fraction of sp³-hybridized carbons (Fsp3) is 0.364. The Bertz CT molecular complexity index is 1730. The summed E-state index contributed by atoms with van der Waals surface area (Å²) < 4.78 is 1.54. The van der Waals surface area contributed by atoms with Gasteiger partial charge in [0.2, 0.25) is 18.2 Å². The van der Waals surface area contributed by atoms with Crippen molar-refractivity contribution in [3.05, 3.63) is 77.5 Å². The number of carbonyl (C=O) groups excluding carboxylic acids is 3. The second-order valence-electron chi connectivity index (χ2n) is 11.9. The molecule has 2 aliphatic rings. The van der Waals surface area contributed by atoms with Crippen LogP contribution in [0.5, 0.6) is 0 Å². The number of H-pyrrole nitrogens is 1. The molecule has 13 nitrogen and oxygen atoms in total. The average Bonchev–Trinajstić information content (AvgIpc) is 3.83. The first-order valence-corrected chi connectivity index (χ1v) is 15.5. The van der Waals surface area contributed by atoms with Gasteiger partial charge in [0, 0.05) is 53.8 Å². The fourth-order valence-corrected chi connectivity index (χ4v) is 6.58. The van der Waals surface area contributed by atoms with Gasteiger partial charge in [-0.1, -0.05) is 23.8 Å². The number of anilines is 1. The molecule has 3 N–H and O–H groups in total. The molecule has 3 amide bonds. The third-order valence-corrected chi connectivity index (χ3v) is 8.92. The molecule has 2 fully saturated rings. The summed E-state index contributed by atoms with van der Waals surface area (Å²) in [7, 11) is 0. The molecule has 2 unspecified atom stereocenters. The van der Waals surface area contributed by atoms with Crippen molar-refractivity contribution in [1.82, 2.24) is 45.3 Å². The van der Waals surface area contributed by atoms with Gasteiger partial charge in [-0.25, -0.2) is 4.98 Å². The maximum absolute atomic E-state index is 13.9. The van der Waals surface area contributed by atoms with Crippen LogP contribution in [0.15, 0.2) is 54.9 Å². The zero-order valence-electron chi connectivity index (χ0n) is 26.2. The summed E-state index contributed by atoms with van der Waals surface area (Å²) in [6.45, 7) is 8.60. The van der Waals surface area contributed by atoms with E-state index in [1.54, 1.807) is 22.9 Å². The molecule has 0 spiro atoms. The highest BCUT2D eigenvalue weighted by Gasteiger charge is 2.39. The number of carbonyl (C=O) groups is 3. The number of tetrazole rings is 1. The summed E-state index contributed by atoms with van der Waals surface area (Å²) in [4.78, 5) is 50.8. The quantitative estimate of drug-likeness (QED) is 0.180. The van der Waals surface area contributed by atoms with Crippen molar-refractivity contribution in [3.8, 4) is 16.9 Å². The van der Waals surface area contributed by atoms with Gasteiger partial charge >= 0.3 is 0 Å². The van der Waals surface area contributed by atoms with Gasteiger partial charge in [-0.15, -0.1) is 5.10 Å². The maximum atomic E-state index is 13.9. The minimum atomic E-state index is -0.696. The number of rotatable bonds is 10. The molecule has 238 valence electrons. The second-order valence-corrected chi connectivity index (χ2v) is 11.9. The topological polar surface area (TPSA) is 154 Å². The summed E-state index contributed by atoms with van der Waals surface area (Å²) >= 11 is 0. The third-order valence-electron chi connectivity index (χ3n) is 8.92. The summed E-state index contributed by atoms with van der Waals surface area (Å²) in [5.74, 6) is 0.109. The molecular formula is C33H38N10O3. The Morgan fingerprint density at radius 3 is 2.70 bits per heavy atom. The number of nitrogens with zero attached hydrogens (tertiary/aromatic N) is 7.